The van der Waals surface area contributed by atoms with Crippen molar-refractivity contribution in [2.45, 2.75) is 12.8 Å². The van der Waals surface area contributed by atoms with Crippen molar-refractivity contribution in [3.8, 4) is 0 Å². The maximum Gasteiger partial charge on any atom is 0.233 e. The van der Waals surface area contributed by atoms with Crippen LogP contribution in [0.1, 0.15) is 12.1 Å². The molecule has 0 saturated carbocycles. The van der Waals surface area contributed by atoms with Gasteiger partial charge in [0.1, 0.15) is 0 Å². The smallest absolute Gasteiger partial charge is 0.233 e. The Labute approximate surface area is 130 Å². The van der Waals surface area contributed by atoms with Crippen LogP contribution in [-0.2, 0) is 6.42 Å². The molecule has 7 nitrogen and oxygen atoms in total. The number of fused-ring (bicyclic) bond motifs is 2. The quantitative estimate of drug-likeness (QED) is 0.471. The van der Waals surface area contributed by atoms with Crippen molar-refractivity contribution >= 4 is 35.6 Å². The normalized spacial score (nSPS) is 13.5. The SMILES string of the molecule is Fc1cnc2c(N3CCCc4ncccc43)n[nH]c2n1.OS. The highest BCUT2D eigenvalue weighted by Crippen LogP contribution is 2.33. The number of rotatable bonds is 1. The first kappa shape index (κ1) is 14.7. The van der Waals surface area contributed by atoms with Crippen LogP contribution < -0.4 is 4.90 Å². The van der Waals surface area contributed by atoms with E-state index in [9.17, 15) is 4.39 Å². The lowest BCUT2D eigenvalue weighted by Crippen LogP contribution is -2.25. The van der Waals surface area contributed by atoms with Crippen LogP contribution in [-0.4, -0.2) is 36.2 Å². The molecule has 0 aromatic carbocycles. The topological polar surface area (TPSA) is 90.8 Å². The maximum atomic E-state index is 13.1. The summed E-state index contributed by atoms with van der Waals surface area (Å²) in [6.45, 7) is 0.831. The zero-order chi connectivity index (χ0) is 15.5. The first-order valence-corrected chi connectivity index (χ1v) is 7.01. The first-order chi connectivity index (χ1) is 10.8. The zero-order valence-electron chi connectivity index (χ0n) is 11.4. The lowest BCUT2D eigenvalue weighted by molar-refractivity contribution is 0.582. The van der Waals surface area contributed by atoms with E-state index in [1.165, 1.54) is 0 Å². The summed E-state index contributed by atoms with van der Waals surface area (Å²) < 4.78 is 19.8. The Morgan fingerprint density at radius 1 is 1.32 bits per heavy atom. The average molecular weight is 320 g/mol. The highest BCUT2D eigenvalue weighted by molar-refractivity contribution is 7.74. The van der Waals surface area contributed by atoms with Gasteiger partial charge in [0.15, 0.2) is 17.0 Å². The molecule has 0 unspecified atom stereocenters. The molecule has 0 atom stereocenters. The van der Waals surface area contributed by atoms with E-state index >= 15 is 0 Å². The summed E-state index contributed by atoms with van der Waals surface area (Å²) in [5.74, 6) is 0.0508. The molecule has 114 valence electrons. The standard InChI is InChI=1S/C13H11FN6.H2OS/c14-10-7-16-11-12(17-10)18-19-13(11)20-6-2-3-8-9(20)4-1-5-15-8;1-2/h1,4-5,7H,2-3,6H2,(H,17,18,19);1-2H. The number of pyridine rings is 1. The fourth-order valence-electron chi connectivity index (χ4n) is 2.57. The Bertz CT molecular complexity index is 795. The van der Waals surface area contributed by atoms with Crippen molar-refractivity contribution in [3.63, 3.8) is 0 Å². The monoisotopic (exact) mass is 320 g/mol. The molecule has 3 aromatic heterocycles. The van der Waals surface area contributed by atoms with E-state index in [1.807, 2.05) is 12.1 Å². The van der Waals surface area contributed by atoms with E-state index in [2.05, 4.69) is 43.0 Å². The molecule has 22 heavy (non-hydrogen) atoms. The van der Waals surface area contributed by atoms with Crippen molar-refractivity contribution < 1.29 is 8.94 Å². The third-order valence-corrected chi connectivity index (χ3v) is 3.43. The van der Waals surface area contributed by atoms with Gasteiger partial charge in [-0.05, 0) is 37.9 Å². The Morgan fingerprint density at radius 2 is 2.18 bits per heavy atom. The van der Waals surface area contributed by atoms with E-state index in [4.69, 9.17) is 4.55 Å². The molecule has 1 aliphatic rings. The second kappa shape index (κ2) is 6.24. The minimum atomic E-state index is -0.617. The van der Waals surface area contributed by atoms with Crippen molar-refractivity contribution in [1.82, 2.24) is 25.1 Å². The fraction of sp³-hybridized carbons (Fsp3) is 0.231. The van der Waals surface area contributed by atoms with Gasteiger partial charge in [-0.3, -0.25) is 10.1 Å². The van der Waals surface area contributed by atoms with Crippen molar-refractivity contribution in [2.75, 3.05) is 11.4 Å². The van der Waals surface area contributed by atoms with E-state index < -0.39 is 5.95 Å². The van der Waals surface area contributed by atoms with Gasteiger partial charge in [0.2, 0.25) is 5.95 Å². The van der Waals surface area contributed by atoms with Gasteiger partial charge in [-0.1, -0.05) is 0 Å². The molecule has 3 aromatic rings. The van der Waals surface area contributed by atoms with E-state index in [0.29, 0.717) is 17.0 Å². The molecule has 0 amide bonds. The molecule has 2 N–H and O–H groups in total. The van der Waals surface area contributed by atoms with Gasteiger partial charge in [0.25, 0.3) is 0 Å². The Balaban J connectivity index is 0.000000693. The largest absolute Gasteiger partial charge is 0.333 e. The van der Waals surface area contributed by atoms with Crippen LogP contribution >= 0.6 is 12.9 Å². The van der Waals surface area contributed by atoms with Gasteiger partial charge in [0.05, 0.1) is 17.6 Å². The van der Waals surface area contributed by atoms with Gasteiger partial charge < -0.3 is 9.45 Å². The molecule has 0 saturated heterocycles. The predicted molar refractivity (Wildman–Crippen MR) is 82.8 cm³/mol. The van der Waals surface area contributed by atoms with Gasteiger partial charge in [-0.25, -0.2) is 4.98 Å². The number of hydrogen-bond donors (Lipinski definition) is 3. The number of anilines is 2. The molecule has 4 rings (SSSR count). The van der Waals surface area contributed by atoms with E-state index in [1.54, 1.807) is 6.20 Å². The lowest BCUT2D eigenvalue weighted by Gasteiger charge is -2.28. The summed E-state index contributed by atoms with van der Waals surface area (Å²) in [6.07, 6.45) is 4.85. The van der Waals surface area contributed by atoms with Gasteiger partial charge in [-0.2, -0.15) is 14.5 Å². The van der Waals surface area contributed by atoms with Crippen LogP contribution in [0, 0.1) is 5.95 Å². The molecule has 0 fully saturated rings. The Hall–Kier alpha value is -2.26. The highest BCUT2D eigenvalue weighted by atomic mass is 32.1. The number of thiol groups is 1. The van der Waals surface area contributed by atoms with Crippen LogP contribution in [0.4, 0.5) is 15.9 Å². The number of H-pyrrole nitrogens is 1. The summed E-state index contributed by atoms with van der Waals surface area (Å²) in [5, 5.41) is 6.97. The van der Waals surface area contributed by atoms with Crippen LogP contribution in [0.3, 0.4) is 0 Å². The van der Waals surface area contributed by atoms with Crippen LogP contribution in [0.15, 0.2) is 24.5 Å². The van der Waals surface area contributed by atoms with Crippen molar-refractivity contribution in [2.24, 2.45) is 0 Å². The summed E-state index contributed by atoms with van der Waals surface area (Å²) in [5.41, 5.74) is 3.00. The predicted octanol–water partition coefficient (Wildman–Crippen LogP) is 2.36. The molecular weight excluding hydrogens is 307 g/mol. The molecule has 0 spiro atoms. The van der Waals surface area contributed by atoms with Gasteiger partial charge >= 0.3 is 0 Å². The second-order valence-electron chi connectivity index (χ2n) is 4.66. The van der Waals surface area contributed by atoms with Gasteiger partial charge in [-0.15, -0.1) is 0 Å². The van der Waals surface area contributed by atoms with Crippen molar-refractivity contribution in [1.29, 1.82) is 0 Å². The molecular formula is C13H13FN6OS. The summed E-state index contributed by atoms with van der Waals surface area (Å²) >= 11 is 2.53. The van der Waals surface area contributed by atoms with Gasteiger partial charge in [0, 0.05) is 12.7 Å². The minimum absolute atomic E-state index is 0.357. The fourth-order valence-corrected chi connectivity index (χ4v) is 2.57. The number of nitrogens with zero attached hydrogens (tertiary/aromatic N) is 5. The molecule has 9 heteroatoms. The number of aromatic nitrogens is 5. The summed E-state index contributed by atoms with van der Waals surface area (Å²) in [6, 6.07) is 3.91. The first-order valence-electron chi connectivity index (χ1n) is 6.61. The lowest BCUT2D eigenvalue weighted by atomic mass is 10.1. The van der Waals surface area contributed by atoms with Crippen molar-refractivity contribution in [3.05, 3.63) is 36.2 Å². The van der Waals surface area contributed by atoms with E-state index in [0.717, 1.165) is 37.0 Å². The Kier molecular flexibility index (Phi) is 4.16. The Morgan fingerprint density at radius 3 is 3.05 bits per heavy atom. The third-order valence-electron chi connectivity index (χ3n) is 3.43. The maximum absolute atomic E-state index is 13.1. The van der Waals surface area contributed by atoms with E-state index in [-0.39, 0.29) is 0 Å². The molecule has 0 bridgehead atoms. The highest BCUT2D eigenvalue weighted by Gasteiger charge is 2.23. The van der Waals surface area contributed by atoms with Crippen LogP contribution in [0.25, 0.3) is 11.2 Å². The molecule has 4 heterocycles. The van der Waals surface area contributed by atoms with Crippen LogP contribution in [0.5, 0.6) is 0 Å². The summed E-state index contributed by atoms with van der Waals surface area (Å²) in [7, 11) is 0. The molecule has 1 aliphatic heterocycles. The van der Waals surface area contributed by atoms with Crippen LogP contribution in [0.2, 0.25) is 0 Å². The molecule has 0 radical (unpaired) electrons. The third kappa shape index (κ3) is 2.48. The second-order valence-corrected chi connectivity index (χ2v) is 4.66. The average Bonchev–Trinajstić information content (AvgIpc) is 2.99. The number of hydrogen-bond acceptors (Lipinski definition) is 7. The number of aryl methyl sites for hydroxylation is 1. The number of aromatic amines is 1. The summed E-state index contributed by atoms with van der Waals surface area (Å²) in [4.78, 5) is 14.3. The zero-order valence-corrected chi connectivity index (χ0v) is 12.3. The number of halogens is 1. The minimum Gasteiger partial charge on any atom is -0.333 e. The molecule has 0 aliphatic carbocycles. The number of nitrogens with one attached hydrogen (secondary N) is 1.